The molecule has 0 aromatic heterocycles. The van der Waals surface area contributed by atoms with Crippen LogP contribution in [0, 0.1) is 0 Å². The molecule has 1 aromatic rings. The first-order valence-electron chi connectivity index (χ1n) is 6.15. The monoisotopic (exact) mass is 217 g/mol. The Bertz CT molecular complexity index is 398. The van der Waals surface area contributed by atoms with E-state index in [4.69, 9.17) is 0 Å². The molecule has 1 N–H and O–H groups in total. The molecular formula is C14H19NO. The van der Waals surface area contributed by atoms with Crippen LogP contribution in [0.5, 0.6) is 0 Å². The number of benzene rings is 1. The molecule has 1 aliphatic rings. The average molecular weight is 217 g/mol. The van der Waals surface area contributed by atoms with Crippen LogP contribution in [0.1, 0.15) is 42.9 Å². The molecule has 1 atom stereocenters. The number of amides is 1. The van der Waals surface area contributed by atoms with Crippen LogP contribution in [0.3, 0.4) is 0 Å². The molecule has 2 nitrogen and oxygen atoms in total. The van der Waals surface area contributed by atoms with Gasteiger partial charge in [-0.2, -0.15) is 0 Å². The van der Waals surface area contributed by atoms with E-state index in [9.17, 15) is 4.79 Å². The van der Waals surface area contributed by atoms with Crippen molar-refractivity contribution in [1.82, 2.24) is 5.32 Å². The molecule has 1 amide bonds. The van der Waals surface area contributed by atoms with Gasteiger partial charge in [-0.1, -0.05) is 31.5 Å². The van der Waals surface area contributed by atoms with E-state index in [-0.39, 0.29) is 11.8 Å². The van der Waals surface area contributed by atoms with Crippen molar-refractivity contribution in [2.75, 3.05) is 6.54 Å². The molecule has 16 heavy (non-hydrogen) atoms. The predicted molar refractivity (Wildman–Crippen MR) is 65.6 cm³/mol. The maximum Gasteiger partial charge on any atom is 0.227 e. The van der Waals surface area contributed by atoms with Crippen LogP contribution in [0.2, 0.25) is 0 Å². The van der Waals surface area contributed by atoms with Crippen LogP contribution in [0.15, 0.2) is 18.2 Å². The number of fused-ring (bicyclic) bond motifs is 1. The molecule has 0 aliphatic heterocycles. The Morgan fingerprint density at radius 1 is 1.44 bits per heavy atom. The lowest BCUT2D eigenvalue weighted by atomic mass is 9.76. The van der Waals surface area contributed by atoms with E-state index in [1.54, 1.807) is 0 Å². The van der Waals surface area contributed by atoms with Crippen molar-refractivity contribution >= 4 is 5.91 Å². The number of carbonyl (C=O) groups excluding carboxylic acids is 1. The highest BCUT2D eigenvalue weighted by molar-refractivity contribution is 5.86. The van der Waals surface area contributed by atoms with Gasteiger partial charge in [0.2, 0.25) is 5.91 Å². The van der Waals surface area contributed by atoms with Gasteiger partial charge in [-0.15, -0.1) is 0 Å². The minimum Gasteiger partial charge on any atom is -0.356 e. The molecule has 0 fully saturated rings. The summed E-state index contributed by atoms with van der Waals surface area (Å²) in [6, 6.07) is 6.55. The molecule has 1 aromatic carbocycles. The molecule has 0 saturated carbocycles. The van der Waals surface area contributed by atoms with E-state index in [0.29, 0.717) is 0 Å². The molecule has 2 rings (SSSR count). The van der Waals surface area contributed by atoms with Crippen molar-refractivity contribution in [2.45, 2.75) is 39.0 Å². The van der Waals surface area contributed by atoms with Crippen molar-refractivity contribution in [3.63, 3.8) is 0 Å². The van der Waals surface area contributed by atoms with Gasteiger partial charge in [0.1, 0.15) is 0 Å². The smallest absolute Gasteiger partial charge is 0.227 e. The summed E-state index contributed by atoms with van der Waals surface area (Å²) in [5, 5.41) is 2.89. The number of aryl methyl sites for hydroxylation is 1. The van der Waals surface area contributed by atoms with Crippen LogP contribution >= 0.6 is 0 Å². The second-order valence-corrected chi connectivity index (χ2v) is 4.43. The summed E-state index contributed by atoms with van der Waals surface area (Å²) in [7, 11) is 0. The van der Waals surface area contributed by atoms with Gasteiger partial charge in [0.15, 0.2) is 0 Å². The topological polar surface area (TPSA) is 29.1 Å². The van der Waals surface area contributed by atoms with E-state index in [0.717, 1.165) is 19.4 Å². The zero-order chi connectivity index (χ0) is 11.5. The summed E-state index contributed by atoms with van der Waals surface area (Å²) in [6.07, 6.45) is 3.23. The second kappa shape index (κ2) is 4.69. The van der Waals surface area contributed by atoms with Gasteiger partial charge in [-0.05, 0) is 36.5 Å². The lowest BCUT2D eigenvalue weighted by Crippen LogP contribution is -2.35. The summed E-state index contributed by atoms with van der Waals surface area (Å²) in [6.45, 7) is 4.87. The lowest BCUT2D eigenvalue weighted by molar-refractivity contribution is -0.122. The summed E-state index contributed by atoms with van der Waals surface area (Å²) in [4.78, 5) is 11.7. The lowest BCUT2D eigenvalue weighted by Gasteiger charge is -2.29. The quantitative estimate of drug-likeness (QED) is 0.824. The van der Waals surface area contributed by atoms with Crippen LogP contribution in [-0.2, 0) is 17.6 Å². The van der Waals surface area contributed by atoms with E-state index < -0.39 is 0 Å². The summed E-state index contributed by atoms with van der Waals surface area (Å²) >= 11 is 0. The van der Waals surface area contributed by atoms with Gasteiger partial charge in [0.05, 0.1) is 5.92 Å². The van der Waals surface area contributed by atoms with Crippen LogP contribution in [0.4, 0.5) is 0 Å². The molecule has 0 radical (unpaired) electrons. The molecule has 2 heteroatoms. The largest absolute Gasteiger partial charge is 0.356 e. The highest BCUT2D eigenvalue weighted by Crippen LogP contribution is 2.35. The minimum atomic E-state index is 0.102. The molecule has 1 aliphatic carbocycles. The molecular weight excluding hydrogens is 198 g/mol. The predicted octanol–water partition coefficient (Wildman–Crippen LogP) is 2.41. The van der Waals surface area contributed by atoms with Gasteiger partial charge in [-0.25, -0.2) is 0 Å². The van der Waals surface area contributed by atoms with Crippen LogP contribution in [-0.4, -0.2) is 12.5 Å². The number of carbonyl (C=O) groups is 1. The molecule has 86 valence electrons. The van der Waals surface area contributed by atoms with Crippen LogP contribution in [0.25, 0.3) is 0 Å². The highest BCUT2D eigenvalue weighted by Gasteiger charge is 2.31. The van der Waals surface area contributed by atoms with Gasteiger partial charge >= 0.3 is 0 Å². The van der Waals surface area contributed by atoms with Gasteiger partial charge in [0, 0.05) is 6.54 Å². The van der Waals surface area contributed by atoms with Crippen molar-refractivity contribution in [2.24, 2.45) is 0 Å². The molecule has 0 spiro atoms. The van der Waals surface area contributed by atoms with E-state index >= 15 is 0 Å². The number of hydrogen-bond donors (Lipinski definition) is 1. The maximum absolute atomic E-state index is 11.7. The number of likely N-dealkylation sites (N-methyl/N-ethyl adjacent to an activating group) is 1. The summed E-state index contributed by atoms with van der Waals surface area (Å²) < 4.78 is 0. The zero-order valence-electron chi connectivity index (χ0n) is 10.0. The fraction of sp³-hybridized carbons (Fsp3) is 0.500. The Balaban J connectivity index is 2.09. The highest BCUT2D eigenvalue weighted by atomic mass is 16.1. The van der Waals surface area contributed by atoms with Crippen molar-refractivity contribution in [1.29, 1.82) is 0 Å². The van der Waals surface area contributed by atoms with Crippen molar-refractivity contribution < 1.29 is 4.79 Å². The van der Waals surface area contributed by atoms with Crippen molar-refractivity contribution in [3.05, 3.63) is 34.9 Å². The Kier molecular flexibility index (Phi) is 3.28. The normalized spacial score (nSPS) is 17.5. The Hall–Kier alpha value is -1.31. The Morgan fingerprint density at radius 2 is 2.25 bits per heavy atom. The Morgan fingerprint density at radius 3 is 2.88 bits per heavy atom. The summed E-state index contributed by atoms with van der Waals surface area (Å²) in [5.74, 6) is 0.281. The second-order valence-electron chi connectivity index (χ2n) is 4.43. The molecule has 1 unspecified atom stereocenters. The molecule has 0 saturated heterocycles. The maximum atomic E-state index is 11.7. The van der Waals surface area contributed by atoms with Crippen LogP contribution < -0.4 is 5.32 Å². The van der Waals surface area contributed by atoms with Gasteiger partial charge in [-0.3, -0.25) is 4.79 Å². The SMILES string of the molecule is CCCc1ccc2c(c1)CC2C(=O)NCC. The number of rotatable bonds is 4. The first-order chi connectivity index (χ1) is 7.76. The fourth-order valence-corrected chi connectivity index (χ4v) is 2.35. The number of hydrogen-bond acceptors (Lipinski definition) is 1. The standard InChI is InChI=1S/C14H19NO/c1-3-5-10-6-7-12-11(8-10)9-13(12)14(16)15-4-2/h6-8,13H,3-5,9H2,1-2H3,(H,15,16). The van der Waals surface area contributed by atoms with Gasteiger partial charge < -0.3 is 5.32 Å². The molecule has 0 bridgehead atoms. The summed E-state index contributed by atoms with van der Waals surface area (Å²) in [5.41, 5.74) is 3.99. The van der Waals surface area contributed by atoms with E-state index in [2.05, 4.69) is 30.4 Å². The third-order valence-corrected chi connectivity index (χ3v) is 3.21. The minimum absolute atomic E-state index is 0.102. The average Bonchev–Trinajstić information content (AvgIpc) is 2.22. The molecule has 0 heterocycles. The Labute approximate surface area is 97.1 Å². The zero-order valence-corrected chi connectivity index (χ0v) is 10.0. The first-order valence-corrected chi connectivity index (χ1v) is 6.15. The van der Waals surface area contributed by atoms with Gasteiger partial charge in [0.25, 0.3) is 0 Å². The van der Waals surface area contributed by atoms with E-state index in [1.807, 2.05) is 6.92 Å². The van der Waals surface area contributed by atoms with Crippen molar-refractivity contribution in [3.8, 4) is 0 Å². The third kappa shape index (κ3) is 1.97. The first kappa shape index (κ1) is 11.2. The fourth-order valence-electron chi connectivity index (χ4n) is 2.35. The number of nitrogens with one attached hydrogen (secondary N) is 1. The van der Waals surface area contributed by atoms with E-state index in [1.165, 1.54) is 23.1 Å². The third-order valence-electron chi connectivity index (χ3n) is 3.21.